The van der Waals surface area contributed by atoms with Gasteiger partial charge >= 0.3 is 0 Å². The second-order valence-corrected chi connectivity index (χ2v) is 8.09. The lowest BCUT2D eigenvalue weighted by molar-refractivity contribution is -0.131. The molecule has 2 N–H and O–H groups in total. The molecule has 146 valence electrons. The summed E-state index contributed by atoms with van der Waals surface area (Å²) in [5, 5.41) is 5.09. The van der Waals surface area contributed by atoms with Gasteiger partial charge in [-0.2, -0.15) is 0 Å². The number of aryl methyl sites for hydroxylation is 2. The fraction of sp³-hybridized carbons (Fsp3) is 0.368. The summed E-state index contributed by atoms with van der Waals surface area (Å²) in [5.74, 6) is 1.00. The number of nitrogens with two attached hydrogens (primary N) is 1. The van der Waals surface area contributed by atoms with Crippen molar-refractivity contribution in [2.45, 2.75) is 44.6 Å². The average molecular weight is 392 g/mol. The Balaban J connectivity index is 2.01. The number of carbonyl (C=O) groups excluding carboxylic acids is 2. The van der Waals surface area contributed by atoms with Gasteiger partial charge in [-0.15, -0.1) is 0 Å². The number of ketones is 1. The molecule has 0 spiro atoms. The number of rotatable bonds is 7. The summed E-state index contributed by atoms with van der Waals surface area (Å²) in [5.41, 5.74) is 1.33. The van der Waals surface area contributed by atoms with Crippen LogP contribution in [0.4, 0.5) is 0 Å². The number of furan rings is 1. The van der Waals surface area contributed by atoms with E-state index in [4.69, 9.17) is 9.56 Å². The lowest BCUT2D eigenvalue weighted by Crippen LogP contribution is -2.29. The summed E-state index contributed by atoms with van der Waals surface area (Å²) in [6.45, 7) is 5.06. The molecule has 0 bridgehead atoms. The highest BCUT2D eigenvalue weighted by atomic mass is 32.2. The highest BCUT2D eigenvalue weighted by Crippen LogP contribution is 2.22. The maximum absolute atomic E-state index is 12.5. The molecule has 0 aliphatic rings. The van der Waals surface area contributed by atoms with E-state index in [0.29, 0.717) is 23.5 Å². The quantitative estimate of drug-likeness (QED) is 0.728. The number of benzene rings is 1. The van der Waals surface area contributed by atoms with Gasteiger partial charge in [0.1, 0.15) is 11.5 Å². The first-order valence-corrected chi connectivity index (χ1v) is 10.0. The first-order chi connectivity index (χ1) is 12.5. The van der Waals surface area contributed by atoms with Crippen molar-refractivity contribution in [3.8, 4) is 0 Å². The van der Waals surface area contributed by atoms with Crippen molar-refractivity contribution in [1.29, 1.82) is 0 Å². The van der Waals surface area contributed by atoms with Crippen molar-refractivity contribution < 1.29 is 22.4 Å². The third kappa shape index (κ3) is 5.05. The van der Waals surface area contributed by atoms with Gasteiger partial charge in [0.15, 0.2) is 5.78 Å². The van der Waals surface area contributed by atoms with Crippen LogP contribution in [-0.2, 0) is 21.2 Å². The Hall–Kier alpha value is -2.45. The molecule has 1 aromatic carbocycles. The molecule has 2 aromatic rings. The van der Waals surface area contributed by atoms with E-state index in [-0.39, 0.29) is 29.0 Å². The SMILES string of the molecule is CC(=O)c1cc(CCC(=O)N(C)[C@@H](C)c2ccc(S(N)(=O)=O)cc2)oc1C. The van der Waals surface area contributed by atoms with Gasteiger partial charge in [0.05, 0.1) is 16.5 Å². The van der Waals surface area contributed by atoms with Gasteiger partial charge in [-0.3, -0.25) is 9.59 Å². The van der Waals surface area contributed by atoms with E-state index in [1.54, 1.807) is 37.1 Å². The topological polar surface area (TPSA) is 111 Å². The molecule has 0 aliphatic heterocycles. The molecule has 2 rings (SSSR count). The number of hydrogen-bond acceptors (Lipinski definition) is 5. The first-order valence-electron chi connectivity index (χ1n) is 8.49. The zero-order valence-electron chi connectivity index (χ0n) is 15.9. The number of primary sulfonamides is 1. The largest absolute Gasteiger partial charge is 0.466 e. The van der Waals surface area contributed by atoms with Crippen LogP contribution in [0.1, 0.15) is 53.8 Å². The van der Waals surface area contributed by atoms with E-state index in [1.165, 1.54) is 19.1 Å². The zero-order valence-corrected chi connectivity index (χ0v) is 16.7. The number of hydrogen-bond donors (Lipinski definition) is 1. The highest BCUT2D eigenvalue weighted by Gasteiger charge is 2.19. The Kier molecular flexibility index (Phi) is 6.22. The zero-order chi connectivity index (χ0) is 20.4. The van der Waals surface area contributed by atoms with Gasteiger partial charge in [-0.05, 0) is 44.5 Å². The van der Waals surface area contributed by atoms with Crippen molar-refractivity contribution in [2.75, 3.05) is 7.05 Å². The fourth-order valence-corrected chi connectivity index (χ4v) is 3.31. The first kappa shape index (κ1) is 20.9. The number of amides is 1. The molecule has 0 fully saturated rings. The summed E-state index contributed by atoms with van der Waals surface area (Å²) in [6, 6.07) is 7.58. The summed E-state index contributed by atoms with van der Waals surface area (Å²) < 4.78 is 28.2. The van der Waals surface area contributed by atoms with Crippen LogP contribution in [0.2, 0.25) is 0 Å². The van der Waals surface area contributed by atoms with Crippen LogP contribution in [0.3, 0.4) is 0 Å². The van der Waals surface area contributed by atoms with Crippen LogP contribution < -0.4 is 5.14 Å². The van der Waals surface area contributed by atoms with Gasteiger partial charge in [-0.1, -0.05) is 12.1 Å². The van der Waals surface area contributed by atoms with Crippen LogP contribution in [0.15, 0.2) is 39.6 Å². The molecule has 0 saturated heterocycles. The molecule has 0 aliphatic carbocycles. The number of sulfonamides is 1. The minimum Gasteiger partial charge on any atom is -0.466 e. The van der Waals surface area contributed by atoms with Crippen LogP contribution in [0.5, 0.6) is 0 Å². The van der Waals surface area contributed by atoms with Crippen LogP contribution in [0.25, 0.3) is 0 Å². The van der Waals surface area contributed by atoms with E-state index < -0.39 is 10.0 Å². The Bertz CT molecular complexity index is 945. The molecule has 27 heavy (non-hydrogen) atoms. The van der Waals surface area contributed by atoms with Crippen molar-refractivity contribution in [3.05, 3.63) is 53.0 Å². The monoisotopic (exact) mass is 392 g/mol. The second kappa shape index (κ2) is 8.06. The number of carbonyl (C=O) groups is 2. The molecule has 0 unspecified atom stereocenters. The average Bonchev–Trinajstić information content (AvgIpc) is 2.98. The van der Waals surface area contributed by atoms with E-state index in [0.717, 1.165) is 5.56 Å². The standard InChI is InChI=1S/C19H24N2O5S/c1-12(15-5-8-17(9-6-15)27(20,24)25)21(4)19(23)10-7-16-11-18(13(2)22)14(3)26-16/h5-6,8-9,11-12H,7,10H2,1-4H3,(H2,20,24,25)/t12-/m0/s1. The summed E-state index contributed by atoms with van der Waals surface area (Å²) in [6.07, 6.45) is 0.634. The maximum atomic E-state index is 12.5. The van der Waals surface area contributed by atoms with Crippen LogP contribution in [0, 0.1) is 6.92 Å². The highest BCUT2D eigenvalue weighted by molar-refractivity contribution is 7.89. The third-order valence-corrected chi connectivity index (χ3v) is 5.53. The van der Waals surface area contributed by atoms with Gasteiger partial charge in [0.2, 0.25) is 15.9 Å². The molecular weight excluding hydrogens is 368 g/mol. The lowest BCUT2D eigenvalue weighted by atomic mass is 10.1. The van der Waals surface area contributed by atoms with Gasteiger partial charge in [0.25, 0.3) is 0 Å². The van der Waals surface area contributed by atoms with Gasteiger partial charge < -0.3 is 9.32 Å². The second-order valence-electron chi connectivity index (χ2n) is 6.53. The van der Waals surface area contributed by atoms with Gasteiger partial charge in [0, 0.05) is 19.9 Å². The molecule has 0 radical (unpaired) electrons. The molecular formula is C19H24N2O5S. The maximum Gasteiger partial charge on any atom is 0.238 e. The molecule has 7 nitrogen and oxygen atoms in total. The molecule has 8 heteroatoms. The molecule has 1 heterocycles. The molecule has 1 amide bonds. The molecule has 1 atom stereocenters. The Morgan fingerprint density at radius 2 is 1.81 bits per heavy atom. The Morgan fingerprint density at radius 1 is 1.22 bits per heavy atom. The van der Waals surface area contributed by atoms with Crippen molar-refractivity contribution in [3.63, 3.8) is 0 Å². The van der Waals surface area contributed by atoms with E-state index in [2.05, 4.69) is 0 Å². The third-order valence-electron chi connectivity index (χ3n) is 4.60. The van der Waals surface area contributed by atoms with E-state index in [1.807, 2.05) is 6.92 Å². The predicted molar refractivity (Wildman–Crippen MR) is 101 cm³/mol. The fourth-order valence-electron chi connectivity index (χ4n) is 2.80. The number of nitrogens with zero attached hydrogens (tertiary/aromatic N) is 1. The van der Waals surface area contributed by atoms with Crippen molar-refractivity contribution in [1.82, 2.24) is 4.90 Å². The summed E-state index contributed by atoms with van der Waals surface area (Å²) in [4.78, 5) is 25.6. The summed E-state index contributed by atoms with van der Waals surface area (Å²) in [7, 11) is -2.05. The van der Waals surface area contributed by atoms with Crippen molar-refractivity contribution >= 4 is 21.7 Å². The van der Waals surface area contributed by atoms with Crippen LogP contribution >= 0.6 is 0 Å². The summed E-state index contributed by atoms with van der Waals surface area (Å²) >= 11 is 0. The Morgan fingerprint density at radius 3 is 2.30 bits per heavy atom. The van der Waals surface area contributed by atoms with Crippen LogP contribution in [-0.4, -0.2) is 32.1 Å². The van der Waals surface area contributed by atoms with E-state index in [9.17, 15) is 18.0 Å². The van der Waals surface area contributed by atoms with Gasteiger partial charge in [-0.25, -0.2) is 13.6 Å². The van der Waals surface area contributed by atoms with Crippen molar-refractivity contribution in [2.24, 2.45) is 5.14 Å². The normalized spacial score (nSPS) is 12.6. The van der Waals surface area contributed by atoms with E-state index >= 15 is 0 Å². The Labute approximate surface area is 159 Å². The minimum absolute atomic E-state index is 0.0295. The molecule has 1 aromatic heterocycles. The number of Topliss-reactive ketones (excluding diaryl/α,β-unsaturated/α-hetero) is 1. The predicted octanol–water partition coefficient (Wildman–Crippen LogP) is 2.59. The minimum atomic E-state index is -3.74. The smallest absolute Gasteiger partial charge is 0.238 e. The molecule has 0 saturated carbocycles. The lowest BCUT2D eigenvalue weighted by Gasteiger charge is -2.25.